The van der Waals surface area contributed by atoms with E-state index < -0.39 is 5.82 Å². The number of hydrogen-bond donors (Lipinski definition) is 1. The van der Waals surface area contributed by atoms with Crippen LogP contribution in [0, 0.1) is 18.6 Å². The first kappa shape index (κ1) is 11.7. The van der Waals surface area contributed by atoms with E-state index in [1.807, 2.05) is 0 Å². The van der Waals surface area contributed by atoms with Crippen molar-refractivity contribution in [2.45, 2.75) is 6.92 Å². The van der Waals surface area contributed by atoms with Crippen LogP contribution >= 0.6 is 11.6 Å². The number of hydrogen-bond acceptors (Lipinski definition) is 3. The molecule has 1 aromatic carbocycles. The zero-order valence-corrected chi connectivity index (χ0v) is 9.59. The van der Waals surface area contributed by atoms with Crippen molar-refractivity contribution in [1.82, 2.24) is 9.97 Å². The lowest BCUT2D eigenvalue weighted by Gasteiger charge is -2.07. The van der Waals surface area contributed by atoms with Gasteiger partial charge >= 0.3 is 0 Å². The summed E-state index contributed by atoms with van der Waals surface area (Å²) < 4.78 is 26.6. The van der Waals surface area contributed by atoms with E-state index in [-0.39, 0.29) is 16.9 Å². The highest BCUT2D eigenvalue weighted by Gasteiger charge is 2.07. The summed E-state index contributed by atoms with van der Waals surface area (Å²) in [6.45, 7) is 1.64. The zero-order valence-electron chi connectivity index (χ0n) is 8.84. The molecule has 0 spiro atoms. The molecule has 0 saturated carbocycles. The fourth-order valence-electron chi connectivity index (χ4n) is 1.24. The molecule has 2 aromatic rings. The van der Waals surface area contributed by atoms with Crippen LogP contribution in [0.2, 0.25) is 5.28 Å². The highest BCUT2D eigenvalue weighted by molar-refractivity contribution is 6.28. The van der Waals surface area contributed by atoms with Gasteiger partial charge in [-0.3, -0.25) is 0 Å². The first-order valence-corrected chi connectivity index (χ1v) is 5.15. The standard InChI is InChI=1S/C11H8ClF2N3/c1-6-2-3-7(4-8(6)13)16-10-9(14)5-15-11(12)17-10/h2-5H,1H3,(H,15,16,17). The molecule has 0 radical (unpaired) electrons. The van der Waals surface area contributed by atoms with Crippen molar-refractivity contribution < 1.29 is 8.78 Å². The maximum absolute atomic E-state index is 13.3. The van der Waals surface area contributed by atoms with Crippen LogP contribution in [-0.2, 0) is 0 Å². The van der Waals surface area contributed by atoms with E-state index >= 15 is 0 Å². The number of nitrogens with zero attached hydrogens (tertiary/aromatic N) is 2. The highest BCUT2D eigenvalue weighted by Crippen LogP contribution is 2.20. The van der Waals surface area contributed by atoms with E-state index in [0.717, 1.165) is 6.20 Å². The Balaban J connectivity index is 2.31. The van der Waals surface area contributed by atoms with Gasteiger partial charge in [-0.1, -0.05) is 6.07 Å². The summed E-state index contributed by atoms with van der Waals surface area (Å²) in [5, 5.41) is 2.55. The van der Waals surface area contributed by atoms with Crippen molar-refractivity contribution in [2.75, 3.05) is 5.32 Å². The van der Waals surface area contributed by atoms with Gasteiger partial charge in [0.25, 0.3) is 0 Å². The summed E-state index contributed by atoms with van der Waals surface area (Å²) in [6, 6.07) is 4.46. The third kappa shape index (κ3) is 2.68. The third-order valence-electron chi connectivity index (χ3n) is 2.15. The maximum Gasteiger partial charge on any atom is 0.224 e. The molecular formula is C11H8ClF2N3. The number of benzene rings is 1. The summed E-state index contributed by atoms with van der Waals surface area (Å²) in [5.74, 6) is -1.13. The first-order valence-electron chi connectivity index (χ1n) is 4.77. The SMILES string of the molecule is Cc1ccc(Nc2nc(Cl)ncc2F)cc1F. The van der Waals surface area contributed by atoms with Gasteiger partial charge in [0.1, 0.15) is 5.82 Å². The summed E-state index contributed by atoms with van der Waals surface area (Å²) in [4.78, 5) is 7.14. The molecule has 0 saturated heterocycles. The van der Waals surface area contributed by atoms with Crippen molar-refractivity contribution in [2.24, 2.45) is 0 Å². The Morgan fingerprint density at radius 1 is 1.24 bits per heavy atom. The fraction of sp³-hybridized carbons (Fsp3) is 0.0909. The van der Waals surface area contributed by atoms with E-state index in [1.165, 1.54) is 6.07 Å². The fourth-order valence-corrected chi connectivity index (χ4v) is 1.37. The predicted molar refractivity (Wildman–Crippen MR) is 61.4 cm³/mol. The molecule has 0 fully saturated rings. The lowest BCUT2D eigenvalue weighted by Crippen LogP contribution is -1.99. The van der Waals surface area contributed by atoms with Crippen LogP contribution < -0.4 is 5.32 Å². The molecule has 1 N–H and O–H groups in total. The van der Waals surface area contributed by atoms with E-state index in [0.29, 0.717) is 11.3 Å². The number of aryl methyl sites for hydroxylation is 1. The summed E-state index contributed by atoms with van der Waals surface area (Å²) in [5.41, 5.74) is 0.901. The van der Waals surface area contributed by atoms with Gasteiger partial charge in [0.05, 0.1) is 6.20 Å². The van der Waals surface area contributed by atoms with Gasteiger partial charge in [-0.05, 0) is 36.2 Å². The van der Waals surface area contributed by atoms with Crippen molar-refractivity contribution in [1.29, 1.82) is 0 Å². The molecule has 0 aliphatic heterocycles. The lowest BCUT2D eigenvalue weighted by molar-refractivity contribution is 0.616. The molecule has 88 valence electrons. The van der Waals surface area contributed by atoms with Crippen molar-refractivity contribution in [3.63, 3.8) is 0 Å². The van der Waals surface area contributed by atoms with Crippen LogP contribution in [0.15, 0.2) is 24.4 Å². The van der Waals surface area contributed by atoms with Gasteiger partial charge in [0, 0.05) is 5.69 Å². The smallest absolute Gasteiger partial charge is 0.224 e. The van der Waals surface area contributed by atoms with Gasteiger partial charge < -0.3 is 5.32 Å². The van der Waals surface area contributed by atoms with Crippen molar-refractivity contribution in [3.05, 3.63) is 46.9 Å². The molecule has 2 rings (SSSR count). The number of nitrogens with one attached hydrogen (secondary N) is 1. The predicted octanol–water partition coefficient (Wildman–Crippen LogP) is 3.46. The second kappa shape index (κ2) is 4.63. The molecule has 0 aliphatic carbocycles. The van der Waals surface area contributed by atoms with E-state index in [2.05, 4.69) is 15.3 Å². The highest BCUT2D eigenvalue weighted by atomic mass is 35.5. The Kier molecular flexibility index (Phi) is 3.19. The van der Waals surface area contributed by atoms with Crippen LogP contribution in [0.4, 0.5) is 20.3 Å². The normalized spacial score (nSPS) is 10.4. The van der Waals surface area contributed by atoms with Gasteiger partial charge in [-0.2, -0.15) is 4.98 Å². The monoisotopic (exact) mass is 255 g/mol. The number of rotatable bonds is 2. The minimum absolute atomic E-state index is 0.0820. The van der Waals surface area contributed by atoms with Gasteiger partial charge in [-0.25, -0.2) is 13.8 Å². The quantitative estimate of drug-likeness (QED) is 0.835. The zero-order chi connectivity index (χ0) is 12.4. The van der Waals surface area contributed by atoms with Crippen LogP contribution in [0.1, 0.15) is 5.56 Å². The number of halogens is 3. The second-order valence-corrected chi connectivity index (χ2v) is 3.76. The van der Waals surface area contributed by atoms with E-state index in [9.17, 15) is 8.78 Å². The van der Waals surface area contributed by atoms with Crippen LogP contribution in [0.3, 0.4) is 0 Å². The molecule has 17 heavy (non-hydrogen) atoms. The summed E-state index contributed by atoms with van der Waals surface area (Å²) in [7, 11) is 0. The van der Waals surface area contributed by atoms with Crippen molar-refractivity contribution in [3.8, 4) is 0 Å². The molecule has 0 unspecified atom stereocenters. The molecular weight excluding hydrogens is 248 g/mol. The summed E-state index contributed by atoms with van der Waals surface area (Å²) in [6.07, 6.45) is 0.947. The Morgan fingerprint density at radius 3 is 2.71 bits per heavy atom. The van der Waals surface area contributed by atoms with Gasteiger partial charge in [-0.15, -0.1) is 0 Å². The van der Waals surface area contributed by atoms with Gasteiger partial charge in [0.15, 0.2) is 11.6 Å². The van der Waals surface area contributed by atoms with Crippen molar-refractivity contribution >= 4 is 23.1 Å². The Morgan fingerprint density at radius 2 is 2.00 bits per heavy atom. The topological polar surface area (TPSA) is 37.8 Å². The number of anilines is 2. The van der Waals surface area contributed by atoms with Crippen LogP contribution in [-0.4, -0.2) is 9.97 Å². The van der Waals surface area contributed by atoms with Crippen LogP contribution in [0.5, 0.6) is 0 Å². The van der Waals surface area contributed by atoms with Gasteiger partial charge in [0.2, 0.25) is 5.28 Å². The molecule has 0 aliphatic rings. The minimum Gasteiger partial charge on any atom is -0.338 e. The average Bonchev–Trinajstić information content (AvgIpc) is 2.29. The summed E-state index contributed by atoms with van der Waals surface area (Å²) >= 11 is 5.54. The van der Waals surface area contributed by atoms with E-state index in [1.54, 1.807) is 19.1 Å². The maximum atomic E-state index is 13.3. The molecule has 1 heterocycles. The average molecular weight is 256 g/mol. The Labute approximate surface area is 101 Å². The second-order valence-electron chi connectivity index (χ2n) is 3.42. The Hall–Kier alpha value is -1.75. The molecule has 6 heteroatoms. The minimum atomic E-state index is -0.657. The molecule has 1 aromatic heterocycles. The lowest BCUT2D eigenvalue weighted by atomic mass is 10.2. The molecule has 0 amide bonds. The van der Waals surface area contributed by atoms with E-state index in [4.69, 9.17) is 11.6 Å². The molecule has 0 bridgehead atoms. The Bertz CT molecular complexity index is 560. The third-order valence-corrected chi connectivity index (χ3v) is 2.33. The first-order chi connectivity index (χ1) is 8.06. The largest absolute Gasteiger partial charge is 0.338 e. The molecule has 3 nitrogen and oxygen atoms in total. The van der Waals surface area contributed by atoms with Crippen LogP contribution in [0.25, 0.3) is 0 Å². The number of aromatic nitrogens is 2. The molecule has 0 atom stereocenters.